The molecule has 0 aromatic rings. The van der Waals surface area contributed by atoms with Crippen LogP contribution in [0.1, 0.15) is 44.9 Å². The van der Waals surface area contributed by atoms with Crippen molar-refractivity contribution in [2.24, 2.45) is 0 Å². The zero-order valence-electron chi connectivity index (χ0n) is 11.3. The molecule has 2 unspecified atom stereocenters. The van der Waals surface area contributed by atoms with Crippen molar-refractivity contribution in [2.45, 2.75) is 63.1 Å². The minimum Gasteiger partial charge on any atom is -0.302 e. The second kappa shape index (κ2) is 5.83. The Morgan fingerprint density at radius 2 is 1.89 bits per heavy atom. The molecule has 0 radical (unpaired) electrons. The van der Waals surface area contributed by atoms with Crippen molar-refractivity contribution in [3.05, 3.63) is 0 Å². The molecular formula is C14H22N2O2S. The van der Waals surface area contributed by atoms with Crippen molar-refractivity contribution < 1.29 is 9.59 Å². The second-order valence-electron chi connectivity index (χ2n) is 5.88. The SMILES string of the molecule is O=C1CC(NC2CCSC2)C(=O)N1C1CCCCC1. The van der Waals surface area contributed by atoms with Crippen molar-refractivity contribution >= 4 is 23.6 Å². The third kappa shape index (κ3) is 2.82. The predicted octanol–water partition coefficient (Wildman–Crippen LogP) is 1.54. The Labute approximate surface area is 118 Å². The predicted molar refractivity (Wildman–Crippen MR) is 76.0 cm³/mol. The molecule has 5 heteroatoms. The summed E-state index contributed by atoms with van der Waals surface area (Å²) in [6.07, 6.45) is 7.04. The van der Waals surface area contributed by atoms with Gasteiger partial charge in [-0.1, -0.05) is 19.3 Å². The van der Waals surface area contributed by atoms with E-state index in [9.17, 15) is 9.59 Å². The Kier molecular flexibility index (Phi) is 4.12. The van der Waals surface area contributed by atoms with E-state index < -0.39 is 0 Å². The maximum absolute atomic E-state index is 12.4. The summed E-state index contributed by atoms with van der Waals surface area (Å²) < 4.78 is 0. The fraction of sp³-hybridized carbons (Fsp3) is 0.857. The van der Waals surface area contributed by atoms with Crippen LogP contribution in [0.4, 0.5) is 0 Å². The van der Waals surface area contributed by atoms with E-state index in [0.29, 0.717) is 12.5 Å². The largest absolute Gasteiger partial charge is 0.302 e. The van der Waals surface area contributed by atoms with Crippen molar-refractivity contribution in [3.8, 4) is 0 Å². The molecule has 3 aliphatic rings. The van der Waals surface area contributed by atoms with E-state index in [1.165, 1.54) is 12.2 Å². The first kappa shape index (κ1) is 13.4. The normalized spacial score (nSPS) is 33.4. The number of carbonyl (C=O) groups is 2. The average molecular weight is 282 g/mol. The van der Waals surface area contributed by atoms with Crippen LogP contribution >= 0.6 is 11.8 Å². The van der Waals surface area contributed by atoms with E-state index >= 15 is 0 Å². The number of nitrogens with zero attached hydrogens (tertiary/aromatic N) is 1. The lowest BCUT2D eigenvalue weighted by molar-refractivity contribution is -0.142. The summed E-state index contributed by atoms with van der Waals surface area (Å²) in [5, 5.41) is 3.39. The van der Waals surface area contributed by atoms with Crippen molar-refractivity contribution in [2.75, 3.05) is 11.5 Å². The van der Waals surface area contributed by atoms with E-state index in [4.69, 9.17) is 0 Å². The number of likely N-dealkylation sites (tertiary alicyclic amines) is 1. The number of hydrogen-bond donors (Lipinski definition) is 1. The molecule has 0 aromatic carbocycles. The molecular weight excluding hydrogens is 260 g/mol. The van der Waals surface area contributed by atoms with Crippen molar-refractivity contribution in [1.29, 1.82) is 0 Å². The molecule has 0 spiro atoms. The third-order valence-corrected chi connectivity index (χ3v) is 5.65. The van der Waals surface area contributed by atoms with Gasteiger partial charge in [-0.15, -0.1) is 0 Å². The van der Waals surface area contributed by atoms with Crippen molar-refractivity contribution in [3.63, 3.8) is 0 Å². The standard InChI is InChI=1S/C14H22N2O2S/c17-13-8-12(15-10-6-7-19-9-10)14(18)16(13)11-4-2-1-3-5-11/h10-12,15H,1-9H2. The number of thioether (sulfide) groups is 1. The first-order valence-corrected chi connectivity index (χ1v) is 8.61. The number of amides is 2. The van der Waals surface area contributed by atoms with Crippen LogP contribution in [0, 0.1) is 0 Å². The summed E-state index contributed by atoms with van der Waals surface area (Å²) in [4.78, 5) is 26.1. The zero-order chi connectivity index (χ0) is 13.2. The molecule has 4 nitrogen and oxygen atoms in total. The smallest absolute Gasteiger partial charge is 0.247 e. The second-order valence-corrected chi connectivity index (χ2v) is 7.03. The zero-order valence-corrected chi connectivity index (χ0v) is 12.1. The van der Waals surface area contributed by atoms with Gasteiger partial charge in [0.2, 0.25) is 11.8 Å². The van der Waals surface area contributed by atoms with Crippen LogP contribution in [0.2, 0.25) is 0 Å². The maximum atomic E-state index is 12.4. The monoisotopic (exact) mass is 282 g/mol. The van der Waals surface area contributed by atoms with Gasteiger partial charge in [-0.05, 0) is 25.0 Å². The van der Waals surface area contributed by atoms with E-state index in [1.54, 1.807) is 4.90 Å². The Balaban J connectivity index is 1.62. The van der Waals surface area contributed by atoms with Crippen LogP contribution in [0.15, 0.2) is 0 Å². The number of carbonyl (C=O) groups excluding carboxylic acids is 2. The molecule has 2 heterocycles. The Morgan fingerprint density at radius 3 is 2.58 bits per heavy atom. The maximum Gasteiger partial charge on any atom is 0.247 e. The van der Waals surface area contributed by atoms with Gasteiger partial charge in [0.1, 0.15) is 0 Å². The molecule has 3 fully saturated rings. The minimum absolute atomic E-state index is 0.0359. The summed E-state index contributed by atoms with van der Waals surface area (Å²) >= 11 is 1.92. The number of nitrogens with one attached hydrogen (secondary N) is 1. The summed E-state index contributed by atoms with van der Waals surface area (Å²) in [7, 11) is 0. The van der Waals surface area contributed by atoms with Crippen LogP contribution < -0.4 is 5.32 Å². The van der Waals surface area contributed by atoms with Crippen LogP contribution in [0.25, 0.3) is 0 Å². The summed E-state index contributed by atoms with van der Waals surface area (Å²) in [5.74, 6) is 2.31. The molecule has 1 saturated carbocycles. The highest BCUT2D eigenvalue weighted by molar-refractivity contribution is 7.99. The fourth-order valence-electron chi connectivity index (χ4n) is 3.45. The van der Waals surface area contributed by atoms with Gasteiger partial charge < -0.3 is 5.32 Å². The highest BCUT2D eigenvalue weighted by Gasteiger charge is 2.43. The summed E-state index contributed by atoms with van der Waals surface area (Å²) in [5.41, 5.74) is 0. The molecule has 2 aliphatic heterocycles. The van der Waals surface area contributed by atoms with Gasteiger partial charge in [0.25, 0.3) is 0 Å². The highest BCUT2D eigenvalue weighted by atomic mass is 32.2. The molecule has 3 rings (SSSR count). The summed E-state index contributed by atoms with van der Waals surface area (Å²) in [6, 6.07) is 0.342. The molecule has 0 bridgehead atoms. The molecule has 1 N–H and O–H groups in total. The van der Waals surface area contributed by atoms with Gasteiger partial charge in [-0.25, -0.2) is 0 Å². The number of imide groups is 1. The fourth-order valence-corrected chi connectivity index (χ4v) is 4.62. The van der Waals surface area contributed by atoms with Crippen LogP contribution in [-0.2, 0) is 9.59 Å². The molecule has 106 valence electrons. The lowest BCUT2D eigenvalue weighted by atomic mass is 9.94. The number of hydrogen-bond acceptors (Lipinski definition) is 4. The Morgan fingerprint density at radius 1 is 1.11 bits per heavy atom. The van der Waals surface area contributed by atoms with Gasteiger partial charge in [0.15, 0.2) is 0 Å². The quantitative estimate of drug-likeness (QED) is 0.798. The first-order chi connectivity index (χ1) is 9.25. The Hall–Kier alpha value is -0.550. The lowest BCUT2D eigenvalue weighted by Crippen LogP contribution is -2.47. The molecule has 1 aliphatic carbocycles. The van der Waals surface area contributed by atoms with Crippen LogP contribution in [0.5, 0.6) is 0 Å². The third-order valence-electron chi connectivity index (χ3n) is 4.49. The Bertz CT molecular complexity index is 362. The molecule has 2 atom stereocenters. The van der Waals surface area contributed by atoms with Gasteiger partial charge in [-0.2, -0.15) is 11.8 Å². The van der Waals surface area contributed by atoms with Gasteiger partial charge in [0.05, 0.1) is 12.5 Å². The van der Waals surface area contributed by atoms with Gasteiger partial charge in [-0.3, -0.25) is 14.5 Å². The molecule has 2 saturated heterocycles. The molecule has 19 heavy (non-hydrogen) atoms. The number of rotatable bonds is 3. The highest BCUT2D eigenvalue weighted by Crippen LogP contribution is 2.28. The van der Waals surface area contributed by atoms with Crippen LogP contribution in [0.3, 0.4) is 0 Å². The van der Waals surface area contributed by atoms with Gasteiger partial charge in [0, 0.05) is 17.8 Å². The summed E-state index contributed by atoms with van der Waals surface area (Å²) in [6.45, 7) is 0. The van der Waals surface area contributed by atoms with E-state index in [1.807, 2.05) is 11.8 Å². The van der Waals surface area contributed by atoms with E-state index in [0.717, 1.165) is 37.9 Å². The van der Waals surface area contributed by atoms with Crippen molar-refractivity contribution in [1.82, 2.24) is 10.2 Å². The lowest BCUT2D eigenvalue weighted by Gasteiger charge is -2.30. The van der Waals surface area contributed by atoms with Crippen LogP contribution in [-0.4, -0.2) is 46.3 Å². The van der Waals surface area contributed by atoms with Gasteiger partial charge >= 0.3 is 0 Å². The topological polar surface area (TPSA) is 49.4 Å². The van der Waals surface area contributed by atoms with E-state index in [2.05, 4.69) is 5.32 Å². The molecule has 0 aromatic heterocycles. The average Bonchev–Trinajstić information content (AvgIpc) is 3.01. The minimum atomic E-state index is -0.252. The molecule has 2 amide bonds. The van der Waals surface area contributed by atoms with E-state index in [-0.39, 0.29) is 23.9 Å². The first-order valence-electron chi connectivity index (χ1n) is 7.45.